The predicted octanol–water partition coefficient (Wildman–Crippen LogP) is 1.76. The second-order valence-electron chi connectivity index (χ2n) is 3.47. The fourth-order valence-electron chi connectivity index (χ4n) is 1.55. The van der Waals surface area contributed by atoms with E-state index in [4.69, 9.17) is 10.7 Å². The SMILES string of the molecule is Cc1cc2[nH]c(=O)ccc2cc1S(=O)(=O)Cl. The molecule has 0 aliphatic rings. The molecule has 0 aliphatic heterocycles. The Bertz CT molecular complexity index is 718. The van der Waals surface area contributed by atoms with Gasteiger partial charge in [0.25, 0.3) is 9.05 Å². The van der Waals surface area contributed by atoms with Crippen molar-refractivity contribution in [2.24, 2.45) is 0 Å². The Morgan fingerprint density at radius 2 is 1.94 bits per heavy atom. The Morgan fingerprint density at radius 1 is 1.25 bits per heavy atom. The Kier molecular flexibility index (Phi) is 2.52. The first-order valence-electron chi connectivity index (χ1n) is 4.46. The van der Waals surface area contributed by atoms with Crippen LogP contribution in [0.1, 0.15) is 5.56 Å². The molecule has 0 spiro atoms. The maximum Gasteiger partial charge on any atom is 0.261 e. The number of aromatic amines is 1. The van der Waals surface area contributed by atoms with Gasteiger partial charge >= 0.3 is 0 Å². The lowest BCUT2D eigenvalue weighted by molar-refractivity contribution is 0.609. The second-order valence-corrected chi connectivity index (χ2v) is 6.00. The zero-order chi connectivity index (χ0) is 11.9. The average Bonchev–Trinajstić information content (AvgIpc) is 2.14. The van der Waals surface area contributed by atoms with Crippen LogP contribution in [0.25, 0.3) is 10.9 Å². The molecule has 0 amide bonds. The standard InChI is InChI=1S/C10H8ClNO3S/c1-6-4-8-7(2-3-10(13)12-8)5-9(6)16(11,14)15/h2-5H,1H3,(H,12,13). The highest BCUT2D eigenvalue weighted by molar-refractivity contribution is 8.13. The van der Waals surface area contributed by atoms with Crippen LogP contribution < -0.4 is 5.56 Å². The van der Waals surface area contributed by atoms with Crippen LogP contribution in [0.3, 0.4) is 0 Å². The maximum atomic E-state index is 11.3. The molecule has 1 heterocycles. The molecule has 2 aromatic rings. The molecule has 0 fully saturated rings. The summed E-state index contributed by atoms with van der Waals surface area (Å²) in [5, 5.41) is 0.629. The number of halogens is 1. The van der Waals surface area contributed by atoms with Gasteiger partial charge in [-0.2, -0.15) is 0 Å². The van der Waals surface area contributed by atoms with Crippen molar-refractivity contribution in [3.8, 4) is 0 Å². The first kappa shape index (κ1) is 11.2. The summed E-state index contributed by atoms with van der Waals surface area (Å²) in [6.45, 7) is 1.63. The van der Waals surface area contributed by atoms with Crippen LogP contribution in [0.2, 0.25) is 0 Å². The largest absolute Gasteiger partial charge is 0.322 e. The third-order valence-electron chi connectivity index (χ3n) is 2.28. The second kappa shape index (κ2) is 3.61. The molecule has 16 heavy (non-hydrogen) atoms. The van der Waals surface area contributed by atoms with E-state index in [0.29, 0.717) is 16.5 Å². The zero-order valence-electron chi connectivity index (χ0n) is 8.32. The van der Waals surface area contributed by atoms with Gasteiger partial charge in [0.05, 0.1) is 4.90 Å². The number of aryl methyl sites for hydroxylation is 1. The monoisotopic (exact) mass is 257 g/mol. The fourth-order valence-corrected chi connectivity index (χ4v) is 2.76. The Morgan fingerprint density at radius 3 is 2.56 bits per heavy atom. The number of pyridine rings is 1. The maximum absolute atomic E-state index is 11.3. The number of fused-ring (bicyclic) bond motifs is 1. The highest BCUT2D eigenvalue weighted by Gasteiger charge is 2.14. The minimum Gasteiger partial charge on any atom is -0.322 e. The van der Waals surface area contributed by atoms with Crippen molar-refractivity contribution < 1.29 is 8.42 Å². The molecular formula is C10H8ClNO3S. The molecule has 1 N–H and O–H groups in total. The van der Waals surface area contributed by atoms with Crippen LogP contribution in [0.5, 0.6) is 0 Å². The van der Waals surface area contributed by atoms with Gasteiger partial charge in [0.15, 0.2) is 0 Å². The Hall–Kier alpha value is -1.33. The van der Waals surface area contributed by atoms with E-state index in [1.54, 1.807) is 19.1 Å². The van der Waals surface area contributed by atoms with Gasteiger partial charge < -0.3 is 4.98 Å². The van der Waals surface area contributed by atoms with Crippen molar-refractivity contribution in [3.63, 3.8) is 0 Å². The van der Waals surface area contributed by atoms with Crippen LogP contribution >= 0.6 is 10.7 Å². The van der Waals surface area contributed by atoms with E-state index in [1.165, 1.54) is 12.1 Å². The van der Waals surface area contributed by atoms with Crippen LogP contribution in [-0.4, -0.2) is 13.4 Å². The van der Waals surface area contributed by atoms with Crippen molar-refractivity contribution >= 4 is 30.6 Å². The fraction of sp³-hybridized carbons (Fsp3) is 0.100. The average molecular weight is 258 g/mol. The first-order valence-corrected chi connectivity index (χ1v) is 6.77. The van der Waals surface area contributed by atoms with Gasteiger partial charge in [-0.05, 0) is 36.1 Å². The highest BCUT2D eigenvalue weighted by Crippen LogP contribution is 2.23. The third kappa shape index (κ3) is 1.96. The van der Waals surface area contributed by atoms with Crippen LogP contribution in [0.4, 0.5) is 0 Å². The first-order chi connectivity index (χ1) is 7.38. The number of hydrogen-bond acceptors (Lipinski definition) is 3. The summed E-state index contributed by atoms with van der Waals surface area (Å²) in [5.41, 5.74) is 0.867. The smallest absolute Gasteiger partial charge is 0.261 e. The normalized spacial score (nSPS) is 11.9. The number of H-pyrrole nitrogens is 1. The summed E-state index contributed by atoms with van der Waals surface area (Å²) in [7, 11) is 1.54. The van der Waals surface area contributed by atoms with Gasteiger partial charge in [-0.25, -0.2) is 8.42 Å². The Balaban J connectivity index is 2.88. The molecular weight excluding hydrogens is 250 g/mol. The van der Waals surface area contributed by atoms with Crippen molar-refractivity contribution in [2.45, 2.75) is 11.8 Å². The number of rotatable bonds is 1. The molecule has 0 atom stereocenters. The molecule has 2 rings (SSSR count). The molecule has 0 aliphatic carbocycles. The lowest BCUT2D eigenvalue weighted by atomic mass is 10.1. The molecule has 6 heteroatoms. The number of benzene rings is 1. The van der Waals surface area contributed by atoms with Crippen molar-refractivity contribution in [2.75, 3.05) is 0 Å². The van der Waals surface area contributed by atoms with Crippen molar-refractivity contribution in [1.29, 1.82) is 0 Å². The summed E-state index contributed by atoms with van der Waals surface area (Å²) in [4.78, 5) is 13.8. The summed E-state index contributed by atoms with van der Waals surface area (Å²) in [5.74, 6) is 0. The molecule has 0 radical (unpaired) electrons. The van der Waals surface area contributed by atoms with Gasteiger partial charge in [-0.1, -0.05) is 0 Å². The zero-order valence-corrected chi connectivity index (χ0v) is 9.89. The van der Waals surface area contributed by atoms with Gasteiger partial charge in [-0.3, -0.25) is 4.79 Å². The molecule has 0 saturated heterocycles. The minimum atomic E-state index is -3.75. The van der Waals surface area contributed by atoms with E-state index in [0.717, 1.165) is 0 Å². The van der Waals surface area contributed by atoms with E-state index in [2.05, 4.69) is 4.98 Å². The molecule has 4 nitrogen and oxygen atoms in total. The lowest BCUT2D eigenvalue weighted by Crippen LogP contribution is -2.03. The van der Waals surface area contributed by atoms with E-state index in [1.807, 2.05) is 0 Å². The highest BCUT2D eigenvalue weighted by atomic mass is 35.7. The summed E-state index contributed by atoms with van der Waals surface area (Å²) < 4.78 is 22.5. The minimum absolute atomic E-state index is 0.0636. The van der Waals surface area contributed by atoms with E-state index in [-0.39, 0.29) is 10.5 Å². The van der Waals surface area contributed by atoms with Crippen LogP contribution in [0.15, 0.2) is 34.0 Å². The molecule has 0 bridgehead atoms. The summed E-state index contributed by atoms with van der Waals surface area (Å²) in [6.07, 6.45) is 0. The predicted molar refractivity (Wildman–Crippen MR) is 62.3 cm³/mol. The summed E-state index contributed by atoms with van der Waals surface area (Å²) >= 11 is 0. The molecule has 84 valence electrons. The van der Waals surface area contributed by atoms with Gasteiger partial charge in [0.1, 0.15) is 0 Å². The molecule has 0 saturated carbocycles. The molecule has 1 aromatic carbocycles. The van der Waals surface area contributed by atoms with Gasteiger partial charge in [0.2, 0.25) is 5.56 Å². The van der Waals surface area contributed by atoms with Gasteiger partial charge in [0, 0.05) is 22.3 Å². The van der Waals surface area contributed by atoms with Crippen LogP contribution in [-0.2, 0) is 9.05 Å². The van der Waals surface area contributed by atoms with E-state index >= 15 is 0 Å². The summed E-state index contributed by atoms with van der Waals surface area (Å²) in [6, 6.07) is 5.93. The van der Waals surface area contributed by atoms with Crippen molar-refractivity contribution in [3.05, 3.63) is 40.2 Å². The Labute approximate surface area is 96.3 Å². The van der Waals surface area contributed by atoms with E-state index < -0.39 is 9.05 Å². The number of hydrogen-bond donors (Lipinski definition) is 1. The quantitative estimate of drug-likeness (QED) is 0.792. The molecule has 1 aromatic heterocycles. The number of nitrogens with one attached hydrogen (secondary N) is 1. The third-order valence-corrected chi connectivity index (χ3v) is 3.75. The van der Waals surface area contributed by atoms with Crippen LogP contribution in [0, 0.1) is 6.92 Å². The molecule has 0 unspecified atom stereocenters. The lowest BCUT2D eigenvalue weighted by Gasteiger charge is -2.04. The van der Waals surface area contributed by atoms with E-state index in [9.17, 15) is 13.2 Å². The topological polar surface area (TPSA) is 67.0 Å². The number of aromatic nitrogens is 1. The van der Waals surface area contributed by atoms with Gasteiger partial charge in [-0.15, -0.1) is 0 Å². The van der Waals surface area contributed by atoms with Crippen molar-refractivity contribution in [1.82, 2.24) is 4.98 Å².